The van der Waals surface area contributed by atoms with E-state index in [0.29, 0.717) is 0 Å². The Bertz CT molecular complexity index is 537. The summed E-state index contributed by atoms with van der Waals surface area (Å²) in [6.07, 6.45) is 0. The van der Waals surface area contributed by atoms with Crippen LogP contribution in [0.2, 0.25) is 0 Å². The molecule has 0 radical (unpaired) electrons. The van der Waals surface area contributed by atoms with Crippen molar-refractivity contribution < 1.29 is 4.79 Å². The predicted molar refractivity (Wildman–Crippen MR) is 77.2 cm³/mol. The zero-order chi connectivity index (χ0) is 12.4. The first kappa shape index (κ1) is 12.6. The quantitative estimate of drug-likeness (QED) is 0.790. The Hall–Kier alpha value is -0.870. The van der Waals surface area contributed by atoms with Gasteiger partial charge in [0.15, 0.2) is 0 Å². The molecule has 1 heterocycles. The van der Waals surface area contributed by atoms with E-state index in [-0.39, 0.29) is 11.9 Å². The number of alkyl halides is 1. The summed E-state index contributed by atoms with van der Waals surface area (Å²) in [5, 5.41) is 3.79. The smallest absolute Gasteiger partial charge is 0.255 e. The maximum atomic E-state index is 12.3. The highest BCUT2D eigenvalue weighted by Crippen LogP contribution is 2.26. The molecule has 90 valence electrons. The first-order valence-corrected chi connectivity index (χ1v) is 7.44. The largest absolute Gasteiger partial charge is 0.338 e. The molecule has 0 fully saturated rings. The van der Waals surface area contributed by atoms with Crippen molar-refractivity contribution in [3.8, 4) is 0 Å². The standard InChI is InChI=1S/C13H14BrNOS/c1-9(7-14)15(2)13(16)11-8-17-12-6-4-3-5-10(11)12/h3-6,8-9H,7H2,1-2H3. The molecular weight excluding hydrogens is 298 g/mol. The second-order valence-electron chi connectivity index (χ2n) is 4.06. The van der Waals surface area contributed by atoms with E-state index in [1.165, 1.54) is 0 Å². The molecule has 1 atom stereocenters. The SMILES string of the molecule is CC(CBr)N(C)C(=O)c1csc2ccccc12. The van der Waals surface area contributed by atoms with Gasteiger partial charge in [-0.2, -0.15) is 0 Å². The van der Waals surface area contributed by atoms with Crippen molar-refractivity contribution >= 4 is 43.3 Å². The summed E-state index contributed by atoms with van der Waals surface area (Å²) in [6.45, 7) is 2.03. The van der Waals surface area contributed by atoms with Gasteiger partial charge < -0.3 is 4.90 Å². The van der Waals surface area contributed by atoms with E-state index in [4.69, 9.17) is 0 Å². The highest BCUT2D eigenvalue weighted by atomic mass is 79.9. The molecule has 0 saturated heterocycles. The molecule has 1 aromatic carbocycles. The lowest BCUT2D eigenvalue weighted by molar-refractivity contribution is 0.0760. The molecule has 0 spiro atoms. The van der Waals surface area contributed by atoms with E-state index in [2.05, 4.69) is 15.9 Å². The number of thiophene rings is 1. The molecule has 0 aliphatic heterocycles. The molecule has 2 aromatic rings. The molecule has 0 aliphatic rings. The summed E-state index contributed by atoms with van der Waals surface area (Å²) in [5.74, 6) is 0.0920. The van der Waals surface area contributed by atoms with Gasteiger partial charge in [0, 0.05) is 33.9 Å². The summed E-state index contributed by atoms with van der Waals surface area (Å²) in [4.78, 5) is 14.1. The van der Waals surface area contributed by atoms with Gasteiger partial charge in [-0.05, 0) is 13.0 Å². The normalized spacial score (nSPS) is 12.6. The lowest BCUT2D eigenvalue weighted by Gasteiger charge is -2.22. The summed E-state index contributed by atoms with van der Waals surface area (Å²) >= 11 is 5.03. The van der Waals surface area contributed by atoms with Gasteiger partial charge in [0.1, 0.15) is 0 Å². The maximum Gasteiger partial charge on any atom is 0.255 e. The summed E-state index contributed by atoms with van der Waals surface area (Å²) in [5.41, 5.74) is 0.806. The Morgan fingerprint density at radius 2 is 2.18 bits per heavy atom. The zero-order valence-corrected chi connectivity index (χ0v) is 12.2. The van der Waals surface area contributed by atoms with Gasteiger partial charge >= 0.3 is 0 Å². The average Bonchev–Trinajstić information content (AvgIpc) is 2.79. The van der Waals surface area contributed by atoms with E-state index in [0.717, 1.165) is 21.0 Å². The summed E-state index contributed by atoms with van der Waals surface area (Å²) in [6, 6.07) is 8.22. The Morgan fingerprint density at radius 1 is 1.47 bits per heavy atom. The van der Waals surface area contributed by atoms with Crippen LogP contribution in [0.1, 0.15) is 17.3 Å². The van der Waals surface area contributed by atoms with Gasteiger partial charge in [-0.1, -0.05) is 34.1 Å². The molecule has 2 nitrogen and oxygen atoms in total. The third kappa shape index (κ3) is 2.38. The van der Waals surface area contributed by atoms with Crippen LogP contribution in [0.3, 0.4) is 0 Å². The molecule has 0 aliphatic carbocycles. The third-order valence-corrected chi connectivity index (χ3v) is 4.82. The Balaban J connectivity index is 2.37. The number of carbonyl (C=O) groups excluding carboxylic acids is 1. The summed E-state index contributed by atoms with van der Waals surface area (Å²) < 4.78 is 1.16. The van der Waals surface area contributed by atoms with E-state index >= 15 is 0 Å². The van der Waals surface area contributed by atoms with Gasteiger partial charge in [-0.25, -0.2) is 0 Å². The van der Waals surface area contributed by atoms with Crippen molar-refractivity contribution in [3.63, 3.8) is 0 Å². The fourth-order valence-electron chi connectivity index (χ4n) is 1.64. The van der Waals surface area contributed by atoms with Crippen LogP contribution in [0.5, 0.6) is 0 Å². The van der Waals surface area contributed by atoms with Crippen LogP contribution in [-0.4, -0.2) is 29.2 Å². The van der Waals surface area contributed by atoms with Crippen LogP contribution in [0.4, 0.5) is 0 Å². The van der Waals surface area contributed by atoms with Gasteiger partial charge in [0.2, 0.25) is 0 Å². The van der Waals surface area contributed by atoms with Gasteiger partial charge in [-0.3, -0.25) is 4.79 Å². The molecule has 17 heavy (non-hydrogen) atoms. The van der Waals surface area contributed by atoms with Gasteiger partial charge in [0.25, 0.3) is 5.91 Å². The first-order valence-electron chi connectivity index (χ1n) is 5.44. The molecule has 0 bridgehead atoms. The number of carbonyl (C=O) groups is 1. The Morgan fingerprint density at radius 3 is 2.88 bits per heavy atom. The fourth-order valence-corrected chi connectivity index (χ4v) is 3.01. The van der Waals surface area contributed by atoms with Gasteiger partial charge in [0.05, 0.1) is 5.56 Å². The Kier molecular flexibility index (Phi) is 3.84. The monoisotopic (exact) mass is 311 g/mol. The number of hydrogen-bond donors (Lipinski definition) is 0. The van der Waals surface area contributed by atoms with Crippen LogP contribution >= 0.6 is 27.3 Å². The van der Waals surface area contributed by atoms with Crippen molar-refractivity contribution in [2.45, 2.75) is 13.0 Å². The number of rotatable bonds is 3. The van der Waals surface area contributed by atoms with Crippen molar-refractivity contribution in [1.29, 1.82) is 0 Å². The van der Waals surface area contributed by atoms with Crippen LogP contribution in [0.25, 0.3) is 10.1 Å². The molecule has 0 N–H and O–H groups in total. The number of hydrogen-bond acceptors (Lipinski definition) is 2. The number of halogens is 1. The van der Waals surface area contributed by atoms with Crippen LogP contribution in [0, 0.1) is 0 Å². The van der Waals surface area contributed by atoms with Crippen molar-refractivity contribution in [2.75, 3.05) is 12.4 Å². The molecule has 4 heteroatoms. The third-order valence-electron chi connectivity index (χ3n) is 2.92. The van der Waals surface area contributed by atoms with E-state index < -0.39 is 0 Å². The number of benzene rings is 1. The minimum Gasteiger partial charge on any atom is -0.338 e. The first-order chi connectivity index (χ1) is 8.15. The van der Waals surface area contributed by atoms with E-state index in [1.54, 1.807) is 16.2 Å². The molecular formula is C13H14BrNOS. The minimum atomic E-state index is 0.0920. The second-order valence-corrected chi connectivity index (χ2v) is 5.62. The van der Waals surface area contributed by atoms with Crippen LogP contribution < -0.4 is 0 Å². The average molecular weight is 312 g/mol. The maximum absolute atomic E-state index is 12.3. The highest BCUT2D eigenvalue weighted by Gasteiger charge is 2.19. The van der Waals surface area contributed by atoms with E-state index in [1.807, 2.05) is 43.6 Å². The van der Waals surface area contributed by atoms with Gasteiger partial charge in [-0.15, -0.1) is 11.3 Å². The number of nitrogens with zero attached hydrogens (tertiary/aromatic N) is 1. The second kappa shape index (κ2) is 5.19. The Labute approximate surface area is 113 Å². The van der Waals surface area contributed by atoms with Crippen LogP contribution in [0.15, 0.2) is 29.6 Å². The number of fused-ring (bicyclic) bond motifs is 1. The molecule has 1 aromatic heterocycles. The minimum absolute atomic E-state index is 0.0920. The van der Waals surface area contributed by atoms with Crippen molar-refractivity contribution in [2.24, 2.45) is 0 Å². The lowest BCUT2D eigenvalue weighted by atomic mass is 10.1. The summed E-state index contributed by atoms with van der Waals surface area (Å²) in [7, 11) is 1.85. The topological polar surface area (TPSA) is 20.3 Å². The van der Waals surface area contributed by atoms with E-state index in [9.17, 15) is 4.79 Å². The van der Waals surface area contributed by atoms with Crippen molar-refractivity contribution in [1.82, 2.24) is 4.90 Å². The molecule has 0 saturated carbocycles. The fraction of sp³-hybridized carbons (Fsp3) is 0.308. The highest BCUT2D eigenvalue weighted by molar-refractivity contribution is 9.09. The van der Waals surface area contributed by atoms with Crippen LogP contribution in [-0.2, 0) is 0 Å². The number of amides is 1. The molecule has 1 unspecified atom stereocenters. The zero-order valence-electron chi connectivity index (χ0n) is 9.81. The molecule has 2 rings (SSSR count). The lowest BCUT2D eigenvalue weighted by Crippen LogP contribution is -2.35. The predicted octanol–water partition coefficient (Wildman–Crippen LogP) is 3.76. The van der Waals surface area contributed by atoms with Crippen molar-refractivity contribution in [3.05, 3.63) is 35.2 Å². The molecule has 1 amide bonds.